The Morgan fingerprint density at radius 3 is 2.76 bits per heavy atom. The second-order valence-electron chi connectivity index (χ2n) is 5.72. The predicted molar refractivity (Wildman–Crippen MR) is 92.8 cm³/mol. The lowest BCUT2D eigenvalue weighted by Crippen LogP contribution is -2.31. The van der Waals surface area contributed by atoms with Crippen LogP contribution in [0, 0.1) is 0 Å². The second-order valence-corrected chi connectivity index (χ2v) is 5.72. The molecule has 2 N–H and O–H groups in total. The zero-order chi connectivity index (χ0) is 17.1. The molecular formula is C18H16N6O. The Morgan fingerprint density at radius 1 is 1.12 bits per heavy atom. The van der Waals surface area contributed by atoms with Crippen molar-refractivity contribution in [3.8, 4) is 0 Å². The van der Waals surface area contributed by atoms with Gasteiger partial charge in [-0.3, -0.25) is 4.79 Å². The van der Waals surface area contributed by atoms with Crippen molar-refractivity contribution in [1.29, 1.82) is 0 Å². The number of H-pyrrole nitrogens is 1. The Bertz CT molecular complexity index is 977. The first-order chi connectivity index (χ1) is 12.3. The van der Waals surface area contributed by atoms with Crippen LogP contribution >= 0.6 is 0 Å². The summed E-state index contributed by atoms with van der Waals surface area (Å²) in [5.41, 5.74) is 2.98. The molecule has 0 aliphatic carbocycles. The van der Waals surface area contributed by atoms with Gasteiger partial charge in [-0.1, -0.05) is 30.3 Å². The minimum absolute atomic E-state index is 0.154. The van der Waals surface area contributed by atoms with E-state index in [1.807, 2.05) is 41.1 Å². The van der Waals surface area contributed by atoms with Crippen LogP contribution < -0.4 is 5.32 Å². The van der Waals surface area contributed by atoms with Gasteiger partial charge in [-0.25, -0.2) is 4.98 Å². The highest BCUT2D eigenvalue weighted by Gasteiger charge is 2.17. The Kier molecular flexibility index (Phi) is 3.96. The quantitative estimate of drug-likeness (QED) is 0.587. The van der Waals surface area contributed by atoms with Gasteiger partial charge in [0.15, 0.2) is 0 Å². The predicted octanol–water partition coefficient (Wildman–Crippen LogP) is 2.33. The van der Waals surface area contributed by atoms with E-state index in [4.69, 9.17) is 0 Å². The van der Waals surface area contributed by atoms with Gasteiger partial charge in [-0.15, -0.1) is 0 Å². The normalized spacial score (nSPS) is 12.2. The van der Waals surface area contributed by atoms with Gasteiger partial charge < -0.3 is 9.88 Å². The minimum atomic E-state index is -0.170. The Labute approximate surface area is 143 Å². The largest absolute Gasteiger partial charge is 0.343 e. The van der Waals surface area contributed by atoms with Crippen LogP contribution in [0.3, 0.4) is 0 Å². The van der Waals surface area contributed by atoms with Crippen LogP contribution in [0.1, 0.15) is 22.0 Å². The number of carbonyl (C=O) groups is 1. The first-order valence-electron chi connectivity index (χ1n) is 7.92. The molecule has 0 spiro atoms. The molecule has 2 aromatic carbocycles. The van der Waals surface area contributed by atoms with Crippen molar-refractivity contribution in [2.24, 2.45) is 0 Å². The van der Waals surface area contributed by atoms with Gasteiger partial charge in [0.25, 0.3) is 5.91 Å². The summed E-state index contributed by atoms with van der Waals surface area (Å²) in [4.78, 5) is 16.8. The fourth-order valence-electron chi connectivity index (χ4n) is 2.75. The van der Waals surface area contributed by atoms with Crippen molar-refractivity contribution in [1.82, 2.24) is 30.3 Å². The summed E-state index contributed by atoms with van der Waals surface area (Å²) in [6, 6.07) is 15.0. The second kappa shape index (κ2) is 6.56. The number of rotatable bonds is 5. The Morgan fingerprint density at radius 2 is 1.96 bits per heavy atom. The summed E-state index contributed by atoms with van der Waals surface area (Å²) in [6.45, 7) is 0.599. The number of amides is 1. The number of hydrogen-bond donors (Lipinski definition) is 2. The molecular weight excluding hydrogens is 316 g/mol. The molecule has 4 rings (SSSR count). The number of aromatic nitrogens is 5. The lowest BCUT2D eigenvalue weighted by molar-refractivity contribution is 0.0933. The van der Waals surface area contributed by atoms with E-state index in [1.165, 1.54) is 0 Å². The molecule has 4 aromatic rings. The molecule has 2 aromatic heterocycles. The van der Waals surface area contributed by atoms with E-state index in [0.717, 1.165) is 11.1 Å². The first kappa shape index (κ1) is 15.1. The Hall–Kier alpha value is -3.48. The third-order valence-electron chi connectivity index (χ3n) is 4.04. The molecule has 124 valence electrons. The van der Waals surface area contributed by atoms with Crippen molar-refractivity contribution in [2.75, 3.05) is 0 Å². The molecule has 25 heavy (non-hydrogen) atoms. The maximum Gasteiger partial charge on any atom is 0.251 e. The monoisotopic (exact) mass is 332 g/mol. The van der Waals surface area contributed by atoms with Crippen LogP contribution in [0.5, 0.6) is 0 Å². The molecule has 0 aliphatic rings. The number of benzene rings is 2. The number of hydrogen-bond acceptors (Lipinski definition) is 4. The zero-order valence-corrected chi connectivity index (χ0v) is 13.3. The van der Waals surface area contributed by atoms with Crippen LogP contribution in [-0.4, -0.2) is 30.9 Å². The SMILES string of the molecule is O=C(N[C@@H](Cn1ccnc1)c1ccccc1)c1ccc2n[nH]nc2c1. The van der Waals surface area contributed by atoms with Gasteiger partial charge >= 0.3 is 0 Å². The molecule has 0 aliphatic heterocycles. The smallest absolute Gasteiger partial charge is 0.251 e. The lowest BCUT2D eigenvalue weighted by atomic mass is 10.1. The average Bonchev–Trinajstić information content (AvgIpc) is 3.32. The molecule has 0 bridgehead atoms. The topological polar surface area (TPSA) is 88.5 Å². The molecule has 1 atom stereocenters. The minimum Gasteiger partial charge on any atom is -0.343 e. The van der Waals surface area contributed by atoms with Gasteiger partial charge in [-0.05, 0) is 23.8 Å². The van der Waals surface area contributed by atoms with E-state index in [-0.39, 0.29) is 11.9 Å². The van der Waals surface area contributed by atoms with Gasteiger partial charge in [0, 0.05) is 24.5 Å². The van der Waals surface area contributed by atoms with Crippen LogP contribution in [0.25, 0.3) is 11.0 Å². The van der Waals surface area contributed by atoms with Crippen molar-refractivity contribution >= 4 is 16.9 Å². The summed E-state index contributed by atoms with van der Waals surface area (Å²) in [5, 5.41) is 13.7. The van der Waals surface area contributed by atoms with Crippen molar-refractivity contribution in [3.63, 3.8) is 0 Å². The van der Waals surface area contributed by atoms with Crippen LogP contribution in [0.4, 0.5) is 0 Å². The third-order valence-corrected chi connectivity index (χ3v) is 4.04. The molecule has 0 fully saturated rings. The molecule has 0 radical (unpaired) electrons. The standard InChI is InChI=1S/C18H16N6O/c25-18(14-6-7-15-16(10-14)22-23-21-15)20-17(11-24-9-8-19-12-24)13-4-2-1-3-5-13/h1-10,12,17H,11H2,(H,20,25)(H,21,22,23)/t17-/m0/s1. The molecule has 0 saturated carbocycles. The third kappa shape index (κ3) is 3.25. The van der Waals surface area contributed by atoms with E-state index in [9.17, 15) is 4.79 Å². The first-order valence-corrected chi connectivity index (χ1v) is 7.92. The van der Waals surface area contributed by atoms with E-state index in [0.29, 0.717) is 17.6 Å². The number of nitrogens with one attached hydrogen (secondary N) is 2. The summed E-state index contributed by atoms with van der Waals surface area (Å²) in [5.74, 6) is -0.154. The molecule has 7 nitrogen and oxygen atoms in total. The van der Waals surface area contributed by atoms with E-state index in [2.05, 4.69) is 25.7 Å². The summed E-state index contributed by atoms with van der Waals surface area (Å²) in [7, 11) is 0. The van der Waals surface area contributed by atoms with E-state index < -0.39 is 0 Å². The lowest BCUT2D eigenvalue weighted by Gasteiger charge is -2.20. The number of fused-ring (bicyclic) bond motifs is 1. The highest BCUT2D eigenvalue weighted by molar-refractivity contribution is 5.97. The molecule has 7 heteroatoms. The average molecular weight is 332 g/mol. The van der Waals surface area contributed by atoms with E-state index in [1.54, 1.807) is 30.7 Å². The fraction of sp³-hybridized carbons (Fsp3) is 0.111. The van der Waals surface area contributed by atoms with Crippen LogP contribution in [0.15, 0.2) is 67.3 Å². The zero-order valence-electron chi connectivity index (χ0n) is 13.3. The summed E-state index contributed by atoms with van der Waals surface area (Å²) in [6.07, 6.45) is 5.34. The molecule has 2 heterocycles. The molecule has 0 saturated heterocycles. The van der Waals surface area contributed by atoms with Crippen molar-refractivity contribution in [2.45, 2.75) is 12.6 Å². The highest BCUT2D eigenvalue weighted by atomic mass is 16.1. The molecule has 0 unspecified atom stereocenters. The van der Waals surface area contributed by atoms with Crippen molar-refractivity contribution < 1.29 is 4.79 Å². The maximum absolute atomic E-state index is 12.7. The number of aromatic amines is 1. The van der Waals surface area contributed by atoms with Gasteiger partial charge in [-0.2, -0.15) is 15.4 Å². The van der Waals surface area contributed by atoms with Gasteiger partial charge in [0.1, 0.15) is 11.0 Å². The van der Waals surface area contributed by atoms with Crippen molar-refractivity contribution in [3.05, 3.63) is 78.4 Å². The summed E-state index contributed by atoms with van der Waals surface area (Å²) >= 11 is 0. The van der Waals surface area contributed by atoms with Gasteiger partial charge in [0.05, 0.1) is 12.4 Å². The molecule has 1 amide bonds. The Balaban J connectivity index is 1.59. The van der Waals surface area contributed by atoms with Crippen LogP contribution in [-0.2, 0) is 6.54 Å². The fourth-order valence-corrected chi connectivity index (χ4v) is 2.75. The number of nitrogens with zero attached hydrogens (tertiary/aromatic N) is 4. The number of carbonyl (C=O) groups excluding carboxylic acids is 1. The van der Waals surface area contributed by atoms with E-state index >= 15 is 0 Å². The summed E-state index contributed by atoms with van der Waals surface area (Å²) < 4.78 is 1.94. The van der Waals surface area contributed by atoms with Crippen LogP contribution in [0.2, 0.25) is 0 Å². The highest BCUT2D eigenvalue weighted by Crippen LogP contribution is 2.17. The van der Waals surface area contributed by atoms with Gasteiger partial charge in [0.2, 0.25) is 0 Å². The maximum atomic E-state index is 12.7. The number of imidazole rings is 1.